The SMILES string of the molecule is NC(=O)c1ccc(Oc2ccc(Br)cc2Br)c(N)c1. The number of hydrogen-bond acceptors (Lipinski definition) is 3. The lowest BCUT2D eigenvalue weighted by molar-refractivity contribution is 0.100. The minimum Gasteiger partial charge on any atom is -0.454 e. The Balaban J connectivity index is 2.31. The van der Waals surface area contributed by atoms with Crippen LogP contribution in [0.15, 0.2) is 45.3 Å². The summed E-state index contributed by atoms with van der Waals surface area (Å²) in [6, 6.07) is 10.2. The molecule has 0 aliphatic carbocycles. The quantitative estimate of drug-likeness (QED) is 0.791. The molecule has 98 valence electrons. The summed E-state index contributed by atoms with van der Waals surface area (Å²) in [5, 5.41) is 0. The van der Waals surface area contributed by atoms with Crippen LogP contribution in [-0.4, -0.2) is 5.91 Å². The Labute approximate surface area is 127 Å². The number of nitrogen functional groups attached to an aromatic ring is 1. The lowest BCUT2D eigenvalue weighted by atomic mass is 10.2. The summed E-state index contributed by atoms with van der Waals surface area (Å²) in [7, 11) is 0. The predicted molar refractivity (Wildman–Crippen MR) is 81.3 cm³/mol. The molecule has 2 rings (SSSR count). The van der Waals surface area contributed by atoms with E-state index in [0.29, 0.717) is 22.7 Å². The molecule has 4 nitrogen and oxygen atoms in total. The molecule has 0 atom stereocenters. The van der Waals surface area contributed by atoms with E-state index in [4.69, 9.17) is 16.2 Å². The molecule has 0 aliphatic rings. The summed E-state index contributed by atoms with van der Waals surface area (Å²) in [4.78, 5) is 11.0. The van der Waals surface area contributed by atoms with Gasteiger partial charge in [0.2, 0.25) is 5.91 Å². The van der Waals surface area contributed by atoms with Crippen molar-refractivity contribution in [3.05, 3.63) is 50.9 Å². The number of benzene rings is 2. The molecular weight excluding hydrogens is 376 g/mol. The maximum absolute atomic E-state index is 11.0. The van der Waals surface area contributed by atoms with Gasteiger partial charge in [-0.05, 0) is 52.3 Å². The van der Waals surface area contributed by atoms with Crippen LogP contribution >= 0.6 is 31.9 Å². The van der Waals surface area contributed by atoms with E-state index in [1.54, 1.807) is 18.2 Å². The molecule has 4 N–H and O–H groups in total. The van der Waals surface area contributed by atoms with Crippen LogP contribution in [0.1, 0.15) is 10.4 Å². The summed E-state index contributed by atoms with van der Waals surface area (Å²) < 4.78 is 7.41. The van der Waals surface area contributed by atoms with Crippen molar-refractivity contribution in [1.82, 2.24) is 0 Å². The van der Waals surface area contributed by atoms with Crippen molar-refractivity contribution in [3.63, 3.8) is 0 Å². The summed E-state index contributed by atoms with van der Waals surface area (Å²) >= 11 is 6.76. The maximum Gasteiger partial charge on any atom is 0.248 e. The Morgan fingerprint density at radius 1 is 1.05 bits per heavy atom. The van der Waals surface area contributed by atoms with Gasteiger partial charge in [0.25, 0.3) is 0 Å². The molecule has 0 aromatic heterocycles. The fourth-order valence-electron chi connectivity index (χ4n) is 1.47. The highest BCUT2D eigenvalue weighted by atomic mass is 79.9. The fraction of sp³-hybridized carbons (Fsp3) is 0. The highest BCUT2D eigenvalue weighted by Gasteiger charge is 2.08. The standard InChI is InChI=1S/C13H10Br2N2O2/c14-8-2-4-11(9(15)6-8)19-12-3-1-7(13(17)18)5-10(12)16/h1-6H,16H2,(H2,17,18). The molecular formula is C13H10Br2N2O2. The molecule has 2 aromatic rings. The van der Waals surface area contributed by atoms with Crippen LogP contribution in [0.3, 0.4) is 0 Å². The van der Waals surface area contributed by atoms with Crippen molar-refractivity contribution in [3.8, 4) is 11.5 Å². The van der Waals surface area contributed by atoms with Crippen molar-refractivity contribution in [2.24, 2.45) is 5.73 Å². The second kappa shape index (κ2) is 5.63. The maximum atomic E-state index is 11.0. The Kier molecular flexibility index (Phi) is 4.11. The van der Waals surface area contributed by atoms with Crippen molar-refractivity contribution in [2.45, 2.75) is 0 Å². The van der Waals surface area contributed by atoms with E-state index in [0.717, 1.165) is 8.95 Å². The molecule has 2 aromatic carbocycles. The zero-order valence-corrected chi connectivity index (χ0v) is 12.9. The van der Waals surface area contributed by atoms with Gasteiger partial charge >= 0.3 is 0 Å². The summed E-state index contributed by atoms with van der Waals surface area (Å²) in [5.74, 6) is 0.567. The Hall–Kier alpha value is -1.53. The Morgan fingerprint density at radius 3 is 2.32 bits per heavy atom. The smallest absolute Gasteiger partial charge is 0.248 e. The van der Waals surface area contributed by atoms with Crippen molar-refractivity contribution >= 4 is 43.5 Å². The van der Waals surface area contributed by atoms with E-state index in [1.807, 2.05) is 12.1 Å². The highest BCUT2D eigenvalue weighted by molar-refractivity contribution is 9.11. The average molecular weight is 386 g/mol. The number of nitrogens with two attached hydrogens (primary N) is 2. The van der Waals surface area contributed by atoms with Crippen molar-refractivity contribution in [2.75, 3.05) is 5.73 Å². The van der Waals surface area contributed by atoms with E-state index in [2.05, 4.69) is 31.9 Å². The molecule has 0 unspecified atom stereocenters. The number of carbonyl (C=O) groups excluding carboxylic acids is 1. The first-order chi connectivity index (χ1) is 8.97. The average Bonchev–Trinajstić information content (AvgIpc) is 2.34. The molecule has 0 aliphatic heterocycles. The third-order valence-corrected chi connectivity index (χ3v) is 3.52. The third-order valence-electron chi connectivity index (χ3n) is 2.41. The highest BCUT2D eigenvalue weighted by Crippen LogP contribution is 2.34. The number of ether oxygens (including phenoxy) is 1. The van der Waals surface area contributed by atoms with Gasteiger partial charge in [-0.15, -0.1) is 0 Å². The van der Waals surface area contributed by atoms with Gasteiger partial charge in [0.15, 0.2) is 0 Å². The number of halogens is 2. The molecule has 0 saturated carbocycles. The first-order valence-electron chi connectivity index (χ1n) is 5.29. The topological polar surface area (TPSA) is 78.3 Å². The Bertz CT molecular complexity index is 645. The number of rotatable bonds is 3. The van der Waals surface area contributed by atoms with Crippen molar-refractivity contribution in [1.29, 1.82) is 0 Å². The first-order valence-corrected chi connectivity index (χ1v) is 6.88. The largest absolute Gasteiger partial charge is 0.454 e. The van der Waals surface area contributed by atoms with Gasteiger partial charge < -0.3 is 16.2 Å². The molecule has 19 heavy (non-hydrogen) atoms. The van der Waals surface area contributed by atoms with Gasteiger partial charge in [0.05, 0.1) is 10.2 Å². The van der Waals surface area contributed by atoms with Crippen LogP contribution in [0.2, 0.25) is 0 Å². The van der Waals surface area contributed by atoms with Gasteiger partial charge in [-0.25, -0.2) is 0 Å². The lowest BCUT2D eigenvalue weighted by Gasteiger charge is -2.11. The second-order valence-electron chi connectivity index (χ2n) is 3.79. The van der Waals surface area contributed by atoms with E-state index >= 15 is 0 Å². The zero-order valence-electron chi connectivity index (χ0n) is 9.69. The summed E-state index contributed by atoms with van der Waals surface area (Å²) in [6.45, 7) is 0. The molecule has 0 saturated heterocycles. The van der Waals surface area contributed by atoms with Gasteiger partial charge in [-0.1, -0.05) is 15.9 Å². The van der Waals surface area contributed by atoms with Gasteiger partial charge in [-0.3, -0.25) is 4.79 Å². The lowest BCUT2D eigenvalue weighted by Crippen LogP contribution is -2.11. The molecule has 0 fully saturated rings. The van der Waals surface area contributed by atoms with Gasteiger partial charge in [-0.2, -0.15) is 0 Å². The summed E-state index contributed by atoms with van der Waals surface area (Å²) in [5.41, 5.74) is 11.7. The van der Waals surface area contributed by atoms with Crippen LogP contribution in [-0.2, 0) is 0 Å². The van der Waals surface area contributed by atoms with E-state index < -0.39 is 5.91 Å². The third kappa shape index (κ3) is 3.27. The number of carbonyl (C=O) groups is 1. The van der Waals surface area contributed by atoms with Crippen LogP contribution < -0.4 is 16.2 Å². The van der Waals surface area contributed by atoms with Gasteiger partial charge in [0.1, 0.15) is 11.5 Å². The molecule has 0 spiro atoms. The summed E-state index contributed by atoms with van der Waals surface area (Å²) in [6.07, 6.45) is 0. The second-order valence-corrected chi connectivity index (χ2v) is 5.56. The van der Waals surface area contributed by atoms with Crippen LogP contribution in [0, 0.1) is 0 Å². The fourth-order valence-corrected chi connectivity index (χ4v) is 2.60. The monoisotopic (exact) mass is 384 g/mol. The van der Waals surface area contributed by atoms with Gasteiger partial charge in [0, 0.05) is 10.0 Å². The molecule has 0 bridgehead atoms. The zero-order chi connectivity index (χ0) is 14.0. The molecule has 1 amide bonds. The van der Waals surface area contributed by atoms with Crippen molar-refractivity contribution < 1.29 is 9.53 Å². The van der Waals surface area contributed by atoms with E-state index in [1.165, 1.54) is 6.07 Å². The molecule has 0 radical (unpaired) electrons. The molecule has 0 heterocycles. The number of anilines is 1. The number of amides is 1. The first kappa shape index (κ1) is 13.9. The Morgan fingerprint density at radius 2 is 1.74 bits per heavy atom. The predicted octanol–water partition coefficient (Wildman–Crippen LogP) is 3.69. The normalized spacial score (nSPS) is 10.2. The van der Waals surface area contributed by atoms with Crippen LogP contribution in [0.4, 0.5) is 5.69 Å². The van der Waals surface area contributed by atoms with Crippen LogP contribution in [0.5, 0.6) is 11.5 Å². The minimum absolute atomic E-state index is 0.347. The van der Waals surface area contributed by atoms with Crippen LogP contribution in [0.25, 0.3) is 0 Å². The van der Waals surface area contributed by atoms with E-state index in [9.17, 15) is 4.79 Å². The molecule has 6 heteroatoms. The number of primary amides is 1. The minimum atomic E-state index is -0.525. The number of hydrogen-bond donors (Lipinski definition) is 2. The van der Waals surface area contributed by atoms with E-state index in [-0.39, 0.29) is 0 Å².